The molecular formula is C15H27NO. The van der Waals surface area contributed by atoms with E-state index in [-0.39, 0.29) is 22.4 Å². The Labute approximate surface area is 106 Å². The average molecular weight is 237 g/mol. The van der Waals surface area contributed by atoms with Gasteiger partial charge in [-0.3, -0.25) is 4.79 Å². The lowest BCUT2D eigenvalue weighted by atomic mass is 9.56. The first-order valence-corrected chi connectivity index (χ1v) is 6.88. The normalized spacial score (nSPS) is 40.7. The van der Waals surface area contributed by atoms with Gasteiger partial charge in [-0.1, -0.05) is 20.8 Å². The second kappa shape index (κ2) is 3.57. The van der Waals surface area contributed by atoms with Crippen LogP contribution in [0.2, 0.25) is 0 Å². The molecule has 0 aromatic rings. The molecule has 0 amide bonds. The van der Waals surface area contributed by atoms with Crippen LogP contribution >= 0.6 is 0 Å². The van der Waals surface area contributed by atoms with E-state index < -0.39 is 0 Å². The summed E-state index contributed by atoms with van der Waals surface area (Å²) < 4.78 is 0. The second-order valence-corrected chi connectivity index (χ2v) is 7.87. The van der Waals surface area contributed by atoms with Crippen molar-refractivity contribution in [1.29, 1.82) is 0 Å². The zero-order valence-corrected chi connectivity index (χ0v) is 12.2. The van der Waals surface area contributed by atoms with E-state index in [2.05, 4.69) is 46.9 Å². The highest BCUT2D eigenvalue weighted by Gasteiger charge is 2.61. The van der Waals surface area contributed by atoms with E-state index in [1.165, 1.54) is 12.8 Å². The van der Waals surface area contributed by atoms with Crippen molar-refractivity contribution in [2.45, 2.75) is 72.4 Å². The fourth-order valence-corrected chi connectivity index (χ4v) is 3.89. The molecule has 0 heterocycles. The quantitative estimate of drug-likeness (QED) is 0.759. The molecule has 2 heteroatoms. The molecule has 2 fully saturated rings. The predicted octanol–water partition coefficient (Wildman–Crippen LogP) is 3.16. The fourth-order valence-electron chi connectivity index (χ4n) is 3.89. The van der Waals surface area contributed by atoms with Crippen LogP contribution in [0, 0.1) is 16.7 Å². The smallest absolute Gasteiger partial charge is 0.150 e. The van der Waals surface area contributed by atoms with Gasteiger partial charge < -0.3 is 5.32 Å². The van der Waals surface area contributed by atoms with Crippen molar-refractivity contribution >= 4 is 5.78 Å². The van der Waals surface area contributed by atoms with E-state index in [0.717, 1.165) is 6.42 Å². The van der Waals surface area contributed by atoms with Crippen molar-refractivity contribution in [2.24, 2.45) is 16.7 Å². The highest BCUT2D eigenvalue weighted by Crippen LogP contribution is 2.62. The molecule has 3 atom stereocenters. The first-order chi connectivity index (χ1) is 7.58. The van der Waals surface area contributed by atoms with Crippen LogP contribution in [0.25, 0.3) is 0 Å². The largest absolute Gasteiger partial charge is 0.302 e. The molecule has 0 saturated heterocycles. The maximum absolute atomic E-state index is 12.4. The van der Waals surface area contributed by atoms with Crippen molar-refractivity contribution in [3.05, 3.63) is 0 Å². The zero-order chi connectivity index (χ0) is 13.1. The molecule has 1 N–H and O–H groups in total. The van der Waals surface area contributed by atoms with Crippen molar-refractivity contribution in [3.63, 3.8) is 0 Å². The summed E-state index contributed by atoms with van der Waals surface area (Å²) in [6.45, 7) is 13.5. The lowest BCUT2D eigenvalue weighted by Gasteiger charge is -2.52. The van der Waals surface area contributed by atoms with Crippen LogP contribution in [-0.4, -0.2) is 17.4 Å². The Morgan fingerprint density at radius 1 is 1.24 bits per heavy atom. The first-order valence-electron chi connectivity index (χ1n) is 6.88. The molecule has 2 nitrogen and oxygen atoms in total. The summed E-state index contributed by atoms with van der Waals surface area (Å²) in [5, 5.41) is 3.58. The molecule has 17 heavy (non-hydrogen) atoms. The van der Waals surface area contributed by atoms with Crippen molar-refractivity contribution in [2.75, 3.05) is 0 Å². The highest BCUT2D eigenvalue weighted by atomic mass is 16.1. The molecule has 0 radical (unpaired) electrons. The number of rotatable bonds is 1. The van der Waals surface area contributed by atoms with Gasteiger partial charge in [0.1, 0.15) is 0 Å². The molecule has 2 aliphatic rings. The number of carbonyl (C=O) groups excluding carboxylic acids is 1. The third-order valence-corrected chi connectivity index (χ3v) is 5.49. The molecule has 2 bridgehead atoms. The number of ketones is 1. The van der Waals surface area contributed by atoms with Gasteiger partial charge in [0.2, 0.25) is 0 Å². The Kier molecular flexibility index (Phi) is 2.74. The van der Waals surface area contributed by atoms with E-state index in [1.807, 2.05) is 0 Å². The summed E-state index contributed by atoms with van der Waals surface area (Å²) >= 11 is 0. The lowest BCUT2D eigenvalue weighted by molar-refractivity contribution is -0.134. The number of fused-ring (bicyclic) bond motifs is 2. The Morgan fingerprint density at radius 2 is 1.82 bits per heavy atom. The van der Waals surface area contributed by atoms with Gasteiger partial charge in [0.25, 0.3) is 0 Å². The minimum Gasteiger partial charge on any atom is -0.302 e. The standard InChI is InChI=1S/C15H27NO/c1-13(2,3)16-12-11(17)9-10-7-8-15(12,6)14(10,4)5/h10,12,16H,7-9H2,1-6H3/t10-,12+,15+/m1/s1. The van der Waals surface area contributed by atoms with Gasteiger partial charge >= 0.3 is 0 Å². The zero-order valence-electron chi connectivity index (χ0n) is 12.2. The molecule has 2 saturated carbocycles. The van der Waals surface area contributed by atoms with Gasteiger partial charge in [0.15, 0.2) is 5.78 Å². The lowest BCUT2D eigenvalue weighted by Crippen LogP contribution is -2.62. The molecule has 0 unspecified atom stereocenters. The number of Topliss-reactive ketones (excluding diaryl/α,β-unsaturated/α-hetero) is 1. The summed E-state index contributed by atoms with van der Waals surface area (Å²) in [6, 6.07) is 0.0382. The van der Waals surface area contributed by atoms with Crippen LogP contribution in [0.5, 0.6) is 0 Å². The second-order valence-electron chi connectivity index (χ2n) is 7.87. The third kappa shape index (κ3) is 1.85. The Balaban J connectivity index is 2.34. The van der Waals surface area contributed by atoms with Crippen LogP contribution in [0.15, 0.2) is 0 Å². The maximum Gasteiger partial charge on any atom is 0.150 e. The van der Waals surface area contributed by atoms with Gasteiger partial charge in [-0.25, -0.2) is 0 Å². The summed E-state index contributed by atoms with van der Waals surface area (Å²) in [5.74, 6) is 1.03. The third-order valence-electron chi connectivity index (χ3n) is 5.49. The summed E-state index contributed by atoms with van der Waals surface area (Å²) in [6.07, 6.45) is 3.18. The van der Waals surface area contributed by atoms with Gasteiger partial charge in [0.05, 0.1) is 6.04 Å². The molecule has 0 aromatic heterocycles. The van der Waals surface area contributed by atoms with E-state index in [4.69, 9.17) is 0 Å². The molecule has 0 aliphatic heterocycles. The van der Waals surface area contributed by atoms with Gasteiger partial charge in [0, 0.05) is 12.0 Å². The number of nitrogens with one attached hydrogen (secondary N) is 1. The molecule has 98 valence electrons. The SMILES string of the molecule is CC(C)(C)N[C@H]1C(=O)C[C@H]2CC[C@]1(C)C2(C)C. The van der Waals surface area contributed by atoms with Gasteiger partial charge in [-0.05, 0) is 50.4 Å². The van der Waals surface area contributed by atoms with E-state index in [0.29, 0.717) is 11.7 Å². The summed E-state index contributed by atoms with van der Waals surface area (Å²) in [5.41, 5.74) is 0.416. The number of carbonyl (C=O) groups is 1. The average Bonchev–Trinajstić information content (AvgIpc) is 2.30. The van der Waals surface area contributed by atoms with Gasteiger partial charge in [-0.2, -0.15) is 0 Å². The minimum atomic E-state index is 0.00877. The van der Waals surface area contributed by atoms with Gasteiger partial charge in [-0.15, -0.1) is 0 Å². The molecule has 0 aromatic carbocycles. The highest BCUT2D eigenvalue weighted by molar-refractivity contribution is 5.87. The van der Waals surface area contributed by atoms with Crippen LogP contribution in [-0.2, 0) is 4.79 Å². The van der Waals surface area contributed by atoms with Crippen LogP contribution < -0.4 is 5.32 Å². The monoisotopic (exact) mass is 237 g/mol. The Hall–Kier alpha value is -0.370. The minimum absolute atomic E-state index is 0.00877. The molecule has 0 spiro atoms. The van der Waals surface area contributed by atoms with Crippen LogP contribution in [0.4, 0.5) is 0 Å². The molecule has 2 rings (SSSR count). The fraction of sp³-hybridized carbons (Fsp3) is 0.933. The predicted molar refractivity (Wildman–Crippen MR) is 70.9 cm³/mol. The maximum atomic E-state index is 12.4. The number of hydrogen-bond acceptors (Lipinski definition) is 2. The van der Waals surface area contributed by atoms with Crippen molar-refractivity contribution < 1.29 is 4.79 Å². The number of hydrogen-bond donors (Lipinski definition) is 1. The summed E-state index contributed by atoms with van der Waals surface area (Å²) in [4.78, 5) is 12.4. The van der Waals surface area contributed by atoms with E-state index in [1.54, 1.807) is 0 Å². The van der Waals surface area contributed by atoms with Crippen LogP contribution in [0.3, 0.4) is 0 Å². The Bertz CT molecular complexity index is 339. The molecular weight excluding hydrogens is 210 g/mol. The van der Waals surface area contributed by atoms with E-state index in [9.17, 15) is 4.79 Å². The first kappa shape index (κ1) is 13.1. The molecule has 2 aliphatic carbocycles. The topological polar surface area (TPSA) is 29.1 Å². The summed E-state index contributed by atoms with van der Waals surface area (Å²) in [7, 11) is 0. The van der Waals surface area contributed by atoms with E-state index >= 15 is 0 Å². The van der Waals surface area contributed by atoms with Crippen molar-refractivity contribution in [3.8, 4) is 0 Å². The Morgan fingerprint density at radius 3 is 2.35 bits per heavy atom. The van der Waals surface area contributed by atoms with Crippen molar-refractivity contribution in [1.82, 2.24) is 5.32 Å². The van der Waals surface area contributed by atoms with Crippen LogP contribution in [0.1, 0.15) is 60.8 Å².